The van der Waals surface area contributed by atoms with Crippen LogP contribution in [0, 0.1) is 0 Å². The molecular formula is C10H16N2O7. The van der Waals surface area contributed by atoms with E-state index in [1.165, 1.54) is 0 Å². The van der Waals surface area contributed by atoms with Gasteiger partial charge in [0.05, 0.1) is 6.04 Å². The number of nitrogens with one attached hydrogen (secondary N) is 1. The molecule has 108 valence electrons. The van der Waals surface area contributed by atoms with Crippen molar-refractivity contribution >= 4 is 23.8 Å². The van der Waals surface area contributed by atoms with E-state index in [0.717, 1.165) is 0 Å². The van der Waals surface area contributed by atoms with Crippen molar-refractivity contribution < 1.29 is 34.5 Å². The van der Waals surface area contributed by atoms with E-state index in [9.17, 15) is 19.2 Å². The highest BCUT2D eigenvalue weighted by atomic mass is 16.4. The maximum atomic E-state index is 11.5. The Morgan fingerprint density at radius 3 is 1.84 bits per heavy atom. The van der Waals surface area contributed by atoms with Crippen LogP contribution in [0.25, 0.3) is 0 Å². The molecule has 0 bridgehead atoms. The van der Waals surface area contributed by atoms with Gasteiger partial charge in [-0.05, 0) is 12.8 Å². The van der Waals surface area contributed by atoms with Gasteiger partial charge in [-0.15, -0.1) is 0 Å². The van der Waals surface area contributed by atoms with E-state index in [1.807, 2.05) is 0 Å². The van der Waals surface area contributed by atoms with Gasteiger partial charge in [0.15, 0.2) is 0 Å². The summed E-state index contributed by atoms with van der Waals surface area (Å²) in [6, 6.07) is -2.51. The minimum absolute atomic E-state index is 0.133. The first kappa shape index (κ1) is 16.8. The number of carbonyl (C=O) groups is 4. The Morgan fingerprint density at radius 1 is 0.947 bits per heavy atom. The number of aliphatic carboxylic acids is 3. The predicted octanol–water partition coefficient (Wildman–Crippen LogP) is -1.39. The highest BCUT2D eigenvalue weighted by molar-refractivity contribution is 5.87. The Kier molecular flexibility index (Phi) is 7.12. The monoisotopic (exact) mass is 276 g/mol. The Balaban J connectivity index is 4.33. The van der Waals surface area contributed by atoms with E-state index < -0.39 is 42.3 Å². The number of rotatable bonds is 9. The van der Waals surface area contributed by atoms with Crippen molar-refractivity contribution in [2.24, 2.45) is 5.73 Å². The molecule has 0 spiro atoms. The summed E-state index contributed by atoms with van der Waals surface area (Å²) in [5.41, 5.74) is 5.39. The van der Waals surface area contributed by atoms with E-state index in [1.54, 1.807) is 0 Å². The number of hydrogen-bond acceptors (Lipinski definition) is 5. The second kappa shape index (κ2) is 8.03. The fourth-order valence-electron chi connectivity index (χ4n) is 1.21. The van der Waals surface area contributed by atoms with E-state index >= 15 is 0 Å². The summed E-state index contributed by atoms with van der Waals surface area (Å²) in [6.07, 6.45) is -1.14. The molecule has 0 rings (SSSR count). The van der Waals surface area contributed by atoms with Crippen LogP contribution in [-0.4, -0.2) is 51.2 Å². The summed E-state index contributed by atoms with van der Waals surface area (Å²) < 4.78 is 0. The molecule has 0 aliphatic rings. The van der Waals surface area contributed by atoms with Gasteiger partial charge in [0.1, 0.15) is 6.04 Å². The Morgan fingerprint density at radius 2 is 1.42 bits per heavy atom. The molecule has 0 saturated carbocycles. The average Bonchev–Trinajstić information content (AvgIpc) is 2.30. The Hall–Kier alpha value is -2.16. The van der Waals surface area contributed by atoms with Crippen LogP contribution >= 0.6 is 0 Å². The van der Waals surface area contributed by atoms with Gasteiger partial charge in [-0.1, -0.05) is 0 Å². The SMILES string of the molecule is N[C@H](CCC(=O)O)C(=O)N[C@H](CCC(=O)O)C(=O)O. The Bertz CT molecular complexity index is 369. The quantitative estimate of drug-likeness (QED) is 0.343. The smallest absolute Gasteiger partial charge is 0.326 e. The lowest BCUT2D eigenvalue weighted by molar-refractivity contribution is -0.143. The lowest BCUT2D eigenvalue weighted by Crippen LogP contribution is -2.48. The lowest BCUT2D eigenvalue weighted by atomic mass is 10.1. The molecule has 0 aliphatic carbocycles. The summed E-state index contributed by atoms with van der Waals surface area (Å²) >= 11 is 0. The fourth-order valence-corrected chi connectivity index (χ4v) is 1.21. The van der Waals surface area contributed by atoms with Gasteiger partial charge >= 0.3 is 17.9 Å². The molecule has 0 aromatic carbocycles. The zero-order chi connectivity index (χ0) is 15.0. The van der Waals surface area contributed by atoms with Crippen LogP contribution in [0.4, 0.5) is 0 Å². The van der Waals surface area contributed by atoms with Gasteiger partial charge in [-0.3, -0.25) is 14.4 Å². The summed E-state index contributed by atoms with van der Waals surface area (Å²) in [7, 11) is 0. The first-order valence-electron chi connectivity index (χ1n) is 5.46. The highest BCUT2D eigenvalue weighted by Crippen LogP contribution is 2.01. The summed E-state index contributed by atoms with van der Waals surface area (Å²) in [4.78, 5) is 42.9. The van der Waals surface area contributed by atoms with E-state index in [-0.39, 0.29) is 19.3 Å². The van der Waals surface area contributed by atoms with Crippen LogP contribution in [0.3, 0.4) is 0 Å². The first-order chi connectivity index (χ1) is 8.73. The van der Waals surface area contributed by atoms with Crippen LogP contribution in [0.15, 0.2) is 0 Å². The number of amides is 1. The molecule has 0 aromatic heterocycles. The summed E-state index contributed by atoms with van der Waals surface area (Å²) in [5.74, 6) is -4.50. The van der Waals surface area contributed by atoms with Crippen molar-refractivity contribution in [1.82, 2.24) is 5.32 Å². The molecule has 6 N–H and O–H groups in total. The van der Waals surface area contributed by atoms with Crippen molar-refractivity contribution in [1.29, 1.82) is 0 Å². The molecule has 0 fully saturated rings. The standard InChI is InChI=1S/C10H16N2O7/c11-5(1-3-7(13)14)9(17)12-6(10(18)19)2-4-8(15)16/h5-6H,1-4,11H2,(H,12,17)(H,13,14)(H,15,16)(H,18,19)/t5-,6-/m1/s1. The molecule has 9 heteroatoms. The number of hydrogen-bond donors (Lipinski definition) is 5. The minimum Gasteiger partial charge on any atom is -0.481 e. The highest BCUT2D eigenvalue weighted by Gasteiger charge is 2.24. The molecule has 1 amide bonds. The van der Waals surface area contributed by atoms with Crippen molar-refractivity contribution in [3.8, 4) is 0 Å². The number of carbonyl (C=O) groups excluding carboxylic acids is 1. The molecule has 19 heavy (non-hydrogen) atoms. The molecule has 0 heterocycles. The molecular weight excluding hydrogens is 260 g/mol. The third-order valence-corrected chi connectivity index (χ3v) is 2.27. The van der Waals surface area contributed by atoms with Crippen LogP contribution in [-0.2, 0) is 19.2 Å². The second-order valence-electron chi connectivity index (χ2n) is 3.87. The Labute approximate surface area is 108 Å². The third-order valence-electron chi connectivity index (χ3n) is 2.27. The van der Waals surface area contributed by atoms with Gasteiger partial charge in [0, 0.05) is 12.8 Å². The van der Waals surface area contributed by atoms with Gasteiger partial charge in [0.25, 0.3) is 0 Å². The molecule has 0 saturated heterocycles. The summed E-state index contributed by atoms with van der Waals surface area (Å²) in [5, 5.41) is 27.7. The predicted molar refractivity (Wildman–Crippen MR) is 61.3 cm³/mol. The third kappa shape index (κ3) is 7.71. The zero-order valence-electron chi connectivity index (χ0n) is 10.0. The zero-order valence-corrected chi connectivity index (χ0v) is 10.0. The van der Waals surface area contributed by atoms with Crippen LogP contribution in [0.5, 0.6) is 0 Å². The molecule has 2 atom stereocenters. The average molecular weight is 276 g/mol. The number of nitrogens with two attached hydrogens (primary N) is 1. The van der Waals surface area contributed by atoms with Crippen molar-refractivity contribution in [2.75, 3.05) is 0 Å². The van der Waals surface area contributed by atoms with Crippen LogP contribution in [0.1, 0.15) is 25.7 Å². The summed E-state index contributed by atoms with van der Waals surface area (Å²) in [6.45, 7) is 0. The van der Waals surface area contributed by atoms with E-state index in [2.05, 4.69) is 5.32 Å². The van der Waals surface area contributed by atoms with Crippen molar-refractivity contribution in [2.45, 2.75) is 37.8 Å². The first-order valence-corrected chi connectivity index (χ1v) is 5.46. The van der Waals surface area contributed by atoms with Crippen molar-refractivity contribution in [3.63, 3.8) is 0 Å². The van der Waals surface area contributed by atoms with Gasteiger partial charge in [-0.2, -0.15) is 0 Å². The van der Waals surface area contributed by atoms with Gasteiger partial charge < -0.3 is 26.4 Å². The molecule has 0 aromatic rings. The molecule has 0 radical (unpaired) electrons. The second-order valence-corrected chi connectivity index (χ2v) is 3.87. The normalized spacial score (nSPS) is 13.3. The van der Waals surface area contributed by atoms with Gasteiger partial charge in [0.2, 0.25) is 5.91 Å². The minimum atomic E-state index is -1.37. The molecule has 0 unspecified atom stereocenters. The maximum absolute atomic E-state index is 11.5. The topological polar surface area (TPSA) is 167 Å². The fraction of sp³-hybridized carbons (Fsp3) is 0.600. The lowest BCUT2D eigenvalue weighted by Gasteiger charge is -2.16. The van der Waals surface area contributed by atoms with E-state index in [0.29, 0.717) is 0 Å². The number of carboxylic acids is 3. The van der Waals surface area contributed by atoms with Gasteiger partial charge in [-0.25, -0.2) is 4.79 Å². The molecule has 0 aliphatic heterocycles. The largest absolute Gasteiger partial charge is 0.481 e. The molecule has 9 nitrogen and oxygen atoms in total. The van der Waals surface area contributed by atoms with Crippen LogP contribution in [0.2, 0.25) is 0 Å². The van der Waals surface area contributed by atoms with Crippen LogP contribution < -0.4 is 11.1 Å². The maximum Gasteiger partial charge on any atom is 0.326 e. The number of carboxylic acid groups (broad SMARTS) is 3. The van der Waals surface area contributed by atoms with E-state index in [4.69, 9.17) is 21.1 Å². The van der Waals surface area contributed by atoms with Crippen molar-refractivity contribution in [3.05, 3.63) is 0 Å².